The summed E-state index contributed by atoms with van der Waals surface area (Å²) in [6, 6.07) is -0.200. The highest BCUT2D eigenvalue weighted by Crippen LogP contribution is 2.04. The Bertz CT molecular complexity index is 369. The van der Waals surface area contributed by atoms with Crippen LogP contribution in [0.5, 0.6) is 0 Å². The average molecular weight is 271 g/mol. The van der Waals surface area contributed by atoms with E-state index in [1.54, 1.807) is 11.8 Å². The van der Waals surface area contributed by atoms with Crippen LogP contribution in [0.3, 0.4) is 0 Å². The maximum Gasteiger partial charge on any atom is 0.317 e. The van der Waals surface area contributed by atoms with Crippen LogP contribution in [0.15, 0.2) is 0 Å². The number of amides is 2. The van der Waals surface area contributed by atoms with Crippen molar-refractivity contribution >= 4 is 24.1 Å². The van der Waals surface area contributed by atoms with Crippen LogP contribution in [0.25, 0.3) is 0 Å². The van der Waals surface area contributed by atoms with Gasteiger partial charge in [0.2, 0.25) is 11.8 Å². The van der Waals surface area contributed by atoms with E-state index in [2.05, 4.69) is 5.32 Å². The van der Waals surface area contributed by atoms with Gasteiger partial charge in [-0.1, -0.05) is 0 Å². The number of carbonyl (C=O) groups excluding carboxylic acids is 3. The van der Waals surface area contributed by atoms with Gasteiger partial charge in [0.15, 0.2) is 0 Å². The second-order valence-electron chi connectivity index (χ2n) is 4.48. The Labute approximate surface area is 110 Å². The van der Waals surface area contributed by atoms with Gasteiger partial charge in [0.1, 0.15) is 6.29 Å². The van der Waals surface area contributed by atoms with Crippen molar-refractivity contribution < 1.29 is 24.3 Å². The molecule has 2 amide bonds. The average Bonchev–Trinajstić information content (AvgIpc) is 2.26. The van der Waals surface area contributed by atoms with Gasteiger partial charge >= 0.3 is 5.97 Å². The third-order valence-corrected chi connectivity index (χ3v) is 2.81. The second-order valence-corrected chi connectivity index (χ2v) is 4.48. The van der Waals surface area contributed by atoms with E-state index in [9.17, 15) is 19.2 Å². The normalized spacial score (nSPS) is 18.2. The molecule has 0 spiro atoms. The smallest absolute Gasteiger partial charge is 0.317 e. The number of piperazine rings is 1. The van der Waals surface area contributed by atoms with Crippen molar-refractivity contribution in [2.24, 2.45) is 0 Å². The number of aldehydes is 1. The van der Waals surface area contributed by atoms with Crippen LogP contribution in [0.2, 0.25) is 0 Å². The number of carbonyl (C=O) groups is 4. The third-order valence-electron chi connectivity index (χ3n) is 2.81. The first-order chi connectivity index (χ1) is 8.92. The van der Waals surface area contributed by atoms with Crippen LogP contribution in [0.1, 0.15) is 6.92 Å². The fourth-order valence-electron chi connectivity index (χ4n) is 1.96. The second kappa shape index (κ2) is 6.95. The van der Waals surface area contributed by atoms with Crippen molar-refractivity contribution in [1.29, 1.82) is 0 Å². The fourth-order valence-corrected chi connectivity index (χ4v) is 1.96. The van der Waals surface area contributed by atoms with Gasteiger partial charge in [-0.25, -0.2) is 0 Å². The van der Waals surface area contributed by atoms with Gasteiger partial charge in [0.05, 0.1) is 26.2 Å². The molecule has 1 saturated heterocycles. The molecule has 0 radical (unpaired) electrons. The fraction of sp³-hybridized carbons (Fsp3) is 0.636. The minimum absolute atomic E-state index is 0.00459. The van der Waals surface area contributed by atoms with Crippen molar-refractivity contribution in [1.82, 2.24) is 15.1 Å². The number of hydrogen-bond acceptors (Lipinski definition) is 6. The highest BCUT2D eigenvalue weighted by Gasteiger charge is 2.27. The van der Waals surface area contributed by atoms with Crippen molar-refractivity contribution in [3.63, 3.8) is 0 Å². The summed E-state index contributed by atoms with van der Waals surface area (Å²) in [5, 5.41) is 10.9. The summed E-state index contributed by atoms with van der Waals surface area (Å²) in [6.45, 7) is 2.02. The van der Waals surface area contributed by atoms with E-state index < -0.39 is 5.97 Å². The zero-order valence-corrected chi connectivity index (χ0v) is 10.7. The molecule has 19 heavy (non-hydrogen) atoms. The molecular weight excluding hydrogens is 254 g/mol. The zero-order valence-electron chi connectivity index (χ0n) is 10.7. The van der Waals surface area contributed by atoms with Crippen LogP contribution in [0, 0.1) is 0 Å². The van der Waals surface area contributed by atoms with Gasteiger partial charge in [0.25, 0.3) is 0 Å². The monoisotopic (exact) mass is 271 g/mol. The van der Waals surface area contributed by atoms with Gasteiger partial charge < -0.3 is 9.90 Å². The zero-order chi connectivity index (χ0) is 14.4. The van der Waals surface area contributed by atoms with E-state index in [4.69, 9.17) is 5.11 Å². The van der Waals surface area contributed by atoms with Crippen LogP contribution in [-0.2, 0) is 19.2 Å². The quantitative estimate of drug-likeness (QED) is 0.404. The van der Waals surface area contributed by atoms with Crippen LogP contribution < -0.4 is 5.32 Å². The summed E-state index contributed by atoms with van der Waals surface area (Å²) in [5.41, 5.74) is 0. The summed E-state index contributed by atoms with van der Waals surface area (Å²) < 4.78 is 0. The Morgan fingerprint density at radius 2 is 2.05 bits per heavy atom. The van der Waals surface area contributed by atoms with Crippen molar-refractivity contribution in [2.45, 2.75) is 13.0 Å². The summed E-state index contributed by atoms with van der Waals surface area (Å²) in [6.07, 6.45) is 0.629. The lowest BCUT2D eigenvalue weighted by Gasteiger charge is -2.33. The molecule has 0 aromatic carbocycles. The number of imide groups is 1. The number of rotatable bonds is 7. The molecule has 106 valence electrons. The minimum Gasteiger partial charge on any atom is -0.480 e. The van der Waals surface area contributed by atoms with Gasteiger partial charge in [-0.2, -0.15) is 0 Å². The first kappa shape index (κ1) is 15.3. The first-order valence-corrected chi connectivity index (χ1v) is 5.87. The summed E-state index contributed by atoms with van der Waals surface area (Å²) in [7, 11) is 0. The molecular formula is C11H17N3O5. The van der Waals surface area contributed by atoms with E-state index in [0.29, 0.717) is 12.8 Å². The van der Waals surface area contributed by atoms with Crippen LogP contribution >= 0.6 is 0 Å². The van der Waals surface area contributed by atoms with Crippen molar-refractivity contribution in [3.8, 4) is 0 Å². The molecule has 1 rings (SSSR count). The number of aliphatic carboxylic acids is 1. The molecule has 1 aliphatic rings. The lowest BCUT2D eigenvalue weighted by Crippen LogP contribution is -2.56. The topological polar surface area (TPSA) is 107 Å². The van der Waals surface area contributed by atoms with Gasteiger partial charge in [-0.05, 0) is 6.92 Å². The molecule has 0 saturated carbocycles. The van der Waals surface area contributed by atoms with E-state index in [1.807, 2.05) is 0 Å². The molecule has 0 unspecified atom stereocenters. The predicted molar refractivity (Wildman–Crippen MR) is 64.3 cm³/mol. The van der Waals surface area contributed by atoms with E-state index >= 15 is 0 Å². The highest BCUT2D eigenvalue weighted by atomic mass is 16.4. The third kappa shape index (κ3) is 5.14. The van der Waals surface area contributed by atoms with Gasteiger partial charge in [-0.15, -0.1) is 0 Å². The molecule has 0 aliphatic carbocycles. The van der Waals surface area contributed by atoms with Crippen LogP contribution in [-0.4, -0.2) is 77.7 Å². The lowest BCUT2D eigenvalue weighted by atomic mass is 10.2. The molecule has 0 aromatic rings. The molecule has 1 atom stereocenters. The lowest BCUT2D eigenvalue weighted by molar-refractivity contribution is -0.140. The number of nitrogens with one attached hydrogen (secondary N) is 1. The summed E-state index contributed by atoms with van der Waals surface area (Å²) in [4.78, 5) is 46.7. The number of hydrogen-bond donors (Lipinski definition) is 2. The van der Waals surface area contributed by atoms with Crippen LogP contribution in [0.4, 0.5) is 0 Å². The Morgan fingerprint density at radius 3 is 2.53 bits per heavy atom. The van der Waals surface area contributed by atoms with E-state index in [-0.39, 0.29) is 44.0 Å². The van der Waals surface area contributed by atoms with Gasteiger partial charge in [-0.3, -0.25) is 29.5 Å². The predicted octanol–water partition coefficient (Wildman–Crippen LogP) is -2.08. The summed E-state index contributed by atoms with van der Waals surface area (Å²) >= 11 is 0. The first-order valence-electron chi connectivity index (χ1n) is 5.87. The molecule has 8 heteroatoms. The Hall–Kier alpha value is -1.80. The summed E-state index contributed by atoms with van der Waals surface area (Å²) in [5.74, 6) is -1.77. The SMILES string of the molecule is C[C@@H](CN(CC=O)CC(=O)O)N1CC(=O)NC(=O)C1. The molecule has 0 aromatic heterocycles. The molecule has 1 heterocycles. The molecule has 1 aliphatic heterocycles. The Balaban J connectivity index is 2.57. The van der Waals surface area contributed by atoms with Crippen molar-refractivity contribution in [3.05, 3.63) is 0 Å². The maximum absolute atomic E-state index is 11.2. The maximum atomic E-state index is 11.2. The molecule has 1 fully saturated rings. The highest BCUT2D eigenvalue weighted by molar-refractivity contribution is 5.99. The standard InChI is InChI=1S/C11H17N3O5/c1-8(4-13(2-3-15)7-11(18)19)14-5-9(16)12-10(17)6-14/h3,8H,2,4-7H2,1H3,(H,18,19)(H,12,16,17)/t8-/m0/s1. The molecule has 8 nitrogen and oxygen atoms in total. The van der Waals surface area contributed by atoms with E-state index in [0.717, 1.165) is 0 Å². The van der Waals surface area contributed by atoms with E-state index in [1.165, 1.54) is 4.90 Å². The number of carboxylic acid groups (broad SMARTS) is 1. The van der Waals surface area contributed by atoms with Crippen molar-refractivity contribution in [2.75, 3.05) is 32.7 Å². The minimum atomic E-state index is -1.03. The van der Waals surface area contributed by atoms with Gasteiger partial charge in [0, 0.05) is 12.6 Å². The Kier molecular flexibility index (Phi) is 5.58. The largest absolute Gasteiger partial charge is 0.480 e. The molecule has 0 bridgehead atoms. The number of carboxylic acids is 1. The number of nitrogens with zero attached hydrogens (tertiary/aromatic N) is 2. The Morgan fingerprint density at radius 1 is 1.47 bits per heavy atom. The molecule has 2 N–H and O–H groups in total.